The van der Waals surface area contributed by atoms with Crippen LogP contribution >= 0.6 is 45.2 Å². The molecule has 1 aromatic heterocycles. The van der Waals surface area contributed by atoms with Gasteiger partial charge in [-0.3, -0.25) is 4.99 Å². The fourth-order valence-corrected chi connectivity index (χ4v) is 5.02. The summed E-state index contributed by atoms with van der Waals surface area (Å²) in [5.41, 5.74) is 5.36. The molecule has 1 heterocycles. The van der Waals surface area contributed by atoms with Crippen molar-refractivity contribution in [2.75, 3.05) is 0 Å². The number of hydrogen-bond acceptors (Lipinski definition) is 4. The van der Waals surface area contributed by atoms with Crippen LogP contribution < -0.4 is 0 Å². The Bertz CT molecular complexity index is 1230. The third-order valence-electron chi connectivity index (χ3n) is 5.12. The van der Waals surface area contributed by atoms with Gasteiger partial charge in [0.2, 0.25) is 5.89 Å². The van der Waals surface area contributed by atoms with Crippen molar-refractivity contribution in [1.29, 1.82) is 0 Å². The average molecular weight is 622 g/mol. The van der Waals surface area contributed by atoms with Crippen LogP contribution in [0.3, 0.4) is 0 Å². The quantitative estimate of drug-likeness (QED) is 0.184. The zero-order valence-corrected chi connectivity index (χ0v) is 20.9. The number of oxazole rings is 1. The van der Waals surface area contributed by atoms with Crippen LogP contribution in [-0.4, -0.2) is 16.3 Å². The Morgan fingerprint density at radius 2 is 1.87 bits per heavy atom. The van der Waals surface area contributed by atoms with Gasteiger partial charge in [0.1, 0.15) is 11.3 Å². The lowest BCUT2D eigenvalue weighted by atomic mass is 9.98. The van der Waals surface area contributed by atoms with Crippen LogP contribution in [0.1, 0.15) is 37.3 Å². The molecule has 4 rings (SSSR count). The molecule has 1 unspecified atom stereocenters. The van der Waals surface area contributed by atoms with Gasteiger partial charge >= 0.3 is 0 Å². The van der Waals surface area contributed by atoms with Gasteiger partial charge in [-0.1, -0.05) is 19.9 Å². The molecule has 4 aromatic rings. The molecule has 152 valence electrons. The number of aromatic hydroxyl groups is 1. The lowest BCUT2D eigenvalue weighted by Gasteiger charge is -2.07. The molecule has 0 aliphatic heterocycles. The Morgan fingerprint density at radius 1 is 1.10 bits per heavy atom. The Labute approximate surface area is 202 Å². The van der Waals surface area contributed by atoms with Gasteiger partial charge in [-0.05, 0) is 112 Å². The molecule has 0 fully saturated rings. The first kappa shape index (κ1) is 21.3. The summed E-state index contributed by atoms with van der Waals surface area (Å²) in [6.07, 6.45) is 2.78. The van der Waals surface area contributed by atoms with Crippen LogP contribution in [-0.2, 0) is 0 Å². The van der Waals surface area contributed by atoms with E-state index in [1.807, 2.05) is 42.5 Å². The molecule has 0 saturated carbocycles. The van der Waals surface area contributed by atoms with Gasteiger partial charge in [0.05, 0.1) is 9.26 Å². The Kier molecular flexibility index (Phi) is 6.43. The monoisotopic (exact) mass is 622 g/mol. The van der Waals surface area contributed by atoms with Gasteiger partial charge < -0.3 is 9.52 Å². The van der Waals surface area contributed by atoms with Gasteiger partial charge in [-0.25, -0.2) is 4.98 Å². The molecule has 0 aliphatic rings. The first-order chi connectivity index (χ1) is 14.4. The molecular formula is C24H20I2N2O2. The van der Waals surface area contributed by atoms with Gasteiger partial charge in [-0.2, -0.15) is 0 Å². The molecule has 3 aromatic carbocycles. The van der Waals surface area contributed by atoms with E-state index in [0.717, 1.165) is 35.9 Å². The van der Waals surface area contributed by atoms with Crippen LogP contribution in [0, 0.1) is 7.14 Å². The lowest BCUT2D eigenvalue weighted by molar-refractivity contribution is 0.470. The molecule has 0 bridgehead atoms. The summed E-state index contributed by atoms with van der Waals surface area (Å²) < 4.78 is 7.81. The van der Waals surface area contributed by atoms with E-state index in [-0.39, 0.29) is 5.75 Å². The largest absolute Gasteiger partial charge is 0.506 e. The van der Waals surface area contributed by atoms with Crippen LogP contribution in [0.2, 0.25) is 0 Å². The summed E-state index contributed by atoms with van der Waals surface area (Å²) in [5, 5.41) is 10.2. The second kappa shape index (κ2) is 9.05. The van der Waals surface area contributed by atoms with Crippen molar-refractivity contribution in [3.63, 3.8) is 0 Å². The Morgan fingerprint density at radius 3 is 2.60 bits per heavy atom. The third-order valence-corrected chi connectivity index (χ3v) is 6.56. The maximum atomic E-state index is 10.2. The SMILES string of the molecule is CCC(C)c1ccc2oc(-c3ccc(N=Cc4cc(I)cc(I)c4O)cc3)nc2c1. The summed E-state index contributed by atoms with van der Waals surface area (Å²) in [6.45, 7) is 4.41. The molecule has 1 atom stereocenters. The summed E-state index contributed by atoms with van der Waals surface area (Å²) in [4.78, 5) is 9.17. The van der Waals surface area contributed by atoms with E-state index >= 15 is 0 Å². The maximum absolute atomic E-state index is 10.2. The van der Waals surface area contributed by atoms with E-state index in [1.54, 1.807) is 6.21 Å². The minimum atomic E-state index is 0.250. The summed E-state index contributed by atoms with van der Waals surface area (Å²) in [7, 11) is 0. The fraction of sp³-hybridized carbons (Fsp3) is 0.167. The minimum absolute atomic E-state index is 0.250. The van der Waals surface area contributed by atoms with Gasteiger partial charge in [-0.15, -0.1) is 0 Å². The van der Waals surface area contributed by atoms with E-state index < -0.39 is 0 Å². The number of phenolic OH excluding ortho intramolecular Hbond substituents is 1. The van der Waals surface area contributed by atoms with Crippen molar-refractivity contribution < 1.29 is 9.52 Å². The van der Waals surface area contributed by atoms with E-state index in [9.17, 15) is 5.11 Å². The number of aliphatic imine (C=N–C) groups is 1. The zero-order valence-electron chi connectivity index (χ0n) is 16.6. The number of phenols is 1. The zero-order chi connectivity index (χ0) is 21.3. The predicted octanol–water partition coefficient (Wildman–Crippen LogP) is 7.67. The number of hydrogen-bond donors (Lipinski definition) is 1. The van der Waals surface area contributed by atoms with Gasteiger partial charge in [0.25, 0.3) is 0 Å². The van der Waals surface area contributed by atoms with Crippen LogP contribution in [0.15, 0.2) is 64.0 Å². The Balaban J connectivity index is 1.58. The molecule has 0 aliphatic carbocycles. The smallest absolute Gasteiger partial charge is 0.227 e. The van der Waals surface area contributed by atoms with Crippen molar-refractivity contribution in [1.82, 2.24) is 4.98 Å². The molecular weight excluding hydrogens is 602 g/mol. The first-order valence-electron chi connectivity index (χ1n) is 9.67. The number of benzene rings is 3. The van der Waals surface area contributed by atoms with Crippen molar-refractivity contribution in [2.45, 2.75) is 26.2 Å². The highest BCUT2D eigenvalue weighted by atomic mass is 127. The summed E-state index contributed by atoms with van der Waals surface area (Å²) in [6, 6.07) is 17.8. The maximum Gasteiger partial charge on any atom is 0.227 e. The second-order valence-corrected chi connectivity index (χ2v) is 9.59. The molecule has 1 N–H and O–H groups in total. The number of halogens is 2. The molecule has 0 spiro atoms. The highest BCUT2D eigenvalue weighted by molar-refractivity contribution is 14.1. The summed E-state index contributed by atoms with van der Waals surface area (Å²) >= 11 is 4.35. The average Bonchev–Trinajstić information content (AvgIpc) is 3.18. The van der Waals surface area contributed by atoms with Crippen molar-refractivity contribution in [3.05, 3.63) is 72.9 Å². The van der Waals surface area contributed by atoms with Crippen LogP contribution in [0.4, 0.5) is 5.69 Å². The third kappa shape index (κ3) is 4.54. The number of rotatable bonds is 5. The van der Waals surface area contributed by atoms with Crippen molar-refractivity contribution in [3.8, 4) is 17.2 Å². The molecule has 0 radical (unpaired) electrons. The van der Waals surface area contributed by atoms with Gasteiger partial charge in [0.15, 0.2) is 5.58 Å². The highest BCUT2D eigenvalue weighted by Gasteiger charge is 2.11. The van der Waals surface area contributed by atoms with E-state index in [4.69, 9.17) is 4.42 Å². The molecule has 4 nitrogen and oxygen atoms in total. The van der Waals surface area contributed by atoms with Gasteiger partial charge in [0, 0.05) is 20.9 Å². The van der Waals surface area contributed by atoms with E-state index in [0.29, 0.717) is 17.4 Å². The number of nitrogens with zero attached hydrogens (tertiary/aromatic N) is 2. The molecule has 30 heavy (non-hydrogen) atoms. The number of fused-ring (bicyclic) bond motifs is 1. The molecule has 6 heteroatoms. The Hall–Kier alpha value is -1.94. The lowest BCUT2D eigenvalue weighted by Crippen LogP contribution is -1.90. The minimum Gasteiger partial charge on any atom is -0.506 e. The molecule has 0 saturated heterocycles. The molecule has 0 amide bonds. The van der Waals surface area contributed by atoms with Crippen LogP contribution in [0.25, 0.3) is 22.6 Å². The topological polar surface area (TPSA) is 58.6 Å². The van der Waals surface area contributed by atoms with E-state index in [2.05, 4.69) is 81.1 Å². The normalized spacial score (nSPS) is 12.7. The second-order valence-electron chi connectivity index (χ2n) is 7.19. The standard InChI is InChI=1S/C24H20I2N2O2/c1-3-14(2)16-6-9-22-21(11-16)28-24(30-22)15-4-7-19(8-5-15)27-13-17-10-18(25)12-20(26)23(17)29/h4-14,29H,3H2,1-2H3. The predicted molar refractivity (Wildman–Crippen MR) is 139 cm³/mol. The fourth-order valence-electron chi connectivity index (χ4n) is 3.13. The van der Waals surface area contributed by atoms with Crippen LogP contribution in [0.5, 0.6) is 5.75 Å². The van der Waals surface area contributed by atoms with Crippen molar-refractivity contribution in [2.24, 2.45) is 4.99 Å². The number of aromatic nitrogens is 1. The highest BCUT2D eigenvalue weighted by Crippen LogP contribution is 2.30. The van der Waals surface area contributed by atoms with E-state index in [1.165, 1.54) is 5.56 Å². The first-order valence-corrected chi connectivity index (χ1v) is 11.8. The summed E-state index contributed by atoms with van der Waals surface area (Å²) in [5.74, 6) is 1.36. The van der Waals surface area contributed by atoms with Crippen molar-refractivity contribution >= 4 is 68.2 Å².